The number of amides is 1. The minimum Gasteiger partial charge on any atom is -0.395 e. The molecule has 0 saturated carbocycles. The number of halogens is 1. The largest absolute Gasteiger partial charge is 0.395 e. The number of hydrogen-bond donors (Lipinski definition) is 2. The number of aliphatic hydroxyl groups excluding tert-OH is 1. The monoisotopic (exact) mass is 313 g/mol. The van der Waals surface area contributed by atoms with Crippen molar-refractivity contribution in [2.24, 2.45) is 0 Å². The molecule has 1 aromatic carbocycles. The van der Waals surface area contributed by atoms with E-state index >= 15 is 0 Å². The zero-order chi connectivity index (χ0) is 15.9. The van der Waals surface area contributed by atoms with Gasteiger partial charge in [-0.1, -0.05) is 11.8 Å². The molecule has 114 valence electrons. The van der Waals surface area contributed by atoms with E-state index in [1.54, 1.807) is 0 Å². The van der Waals surface area contributed by atoms with Crippen LogP contribution in [0, 0.1) is 17.7 Å². The van der Waals surface area contributed by atoms with Gasteiger partial charge in [-0.05, 0) is 18.2 Å². The van der Waals surface area contributed by atoms with Gasteiger partial charge in [0.05, 0.1) is 17.9 Å². The summed E-state index contributed by atoms with van der Waals surface area (Å²) in [5.74, 6) is 3.69. The van der Waals surface area contributed by atoms with Crippen molar-refractivity contribution in [2.45, 2.75) is 6.42 Å². The molecule has 0 aromatic heterocycles. The van der Waals surface area contributed by atoms with Gasteiger partial charge < -0.3 is 10.4 Å². The Morgan fingerprint density at radius 2 is 2.14 bits per heavy atom. The molecule has 5 nitrogen and oxygen atoms in total. The van der Waals surface area contributed by atoms with Crippen molar-refractivity contribution < 1.29 is 22.7 Å². The van der Waals surface area contributed by atoms with Crippen molar-refractivity contribution in [1.29, 1.82) is 0 Å². The summed E-state index contributed by atoms with van der Waals surface area (Å²) in [6.07, 6.45) is 1.34. The molecule has 1 rings (SSSR count). The van der Waals surface area contributed by atoms with Crippen molar-refractivity contribution in [3.05, 3.63) is 35.1 Å². The van der Waals surface area contributed by atoms with Gasteiger partial charge in [-0.25, -0.2) is 12.8 Å². The highest BCUT2D eigenvalue weighted by Crippen LogP contribution is 2.10. The lowest BCUT2D eigenvalue weighted by atomic mass is 10.1. The highest BCUT2D eigenvalue weighted by Gasteiger charge is 2.12. The summed E-state index contributed by atoms with van der Waals surface area (Å²) in [5.41, 5.74) is 0.227. The second-order valence-electron chi connectivity index (χ2n) is 4.36. The number of aliphatic hydroxyl groups is 1. The van der Waals surface area contributed by atoms with Crippen LogP contribution < -0.4 is 5.32 Å². The van der Waals surface area contributed by atoms with E-state index < -0.39 is 21.6 Å². The Morgan fingerprint density at radius 1 is 1.43 bits per heavy atom. The average Bonchev–Trinajstić information content (AvgIpc) is 2.37. The van der Waals surface area contributed by atoms with Crippen LogP contribution in [-0.2, 0) is 9.84 Å². The van der Waals surface area contributed by atoms with Gasteiger partial charge >= 0.3 is 0 Å². The van der Waals surface area contributed by atoms with Crippen molar-refractivity contribution in [2.75, 3.05) is 25.2 Å². The van der Waals surface area contributed by atoms with Crippen LogP contribution in [-0.4, -0.2) is 44.6 Å². The third-order valence-corrected chi connectivity index (χ3v) is 3.39. The van der Waals surface area contributed by atoms with Gasteiger partial charge in [-0.3, -0.25) is 4.79 Å². The van der Waals surface area contributed by atoms with Crippen LogP contribution in [0.2, 0.25) is 0 Å². The molecule has 0 atom stereocenters. The maximum Gasteiger partial charge on any atom is 0.254 e. The molecule has 1 amide bonds. The fourth-order valence-corrected chi connectivity index (χ4v) is 1.92. The molecule has 1 aromatic rings. The Kier molecular flexibility index (Phi) is 6.34. The maximum atomic E-state index is 13.8. The quantitative estimate of drug-likeness (QED) is 0.768. The van der Waals surface area contributed by atoms with E-state index in [0.29, 0.717) is 5.56 Å². The first-order valence-electron chi connectivity index (χ1n) is 6.18. The van der Waals surface area contributed by atoms with Crippen molar-refractivity contribution in [3.8, 4) is 11.8 Å². The van der Waals surface area contributed by atoms with E-state index in [9.17, 15) is 17.6 Å². The van der Waals surface area contributed by atoms with Crippen LogP contribution in [0.1, 0.15) is 22.3 Å². The summed E-state index contributed by atoms with van der Waals surface area (Å²) in [6.45, 7) is -0.147. The van der Waals surface area contributed by atoms with E-state index in [-0.39, 0.29) is 30.9 Å². The first-order chi connectivity index (χ1) is 9.83. The van der Waals surface area contributed by atoms with Crippen LogP contribution in [0.25, 0.3) is 0 Å². The summed E-state index contributed by atoms with van der Waals surface area (Å²) >= 11 is 0. The highest BCUT2D eigenvalue weighted by atomic mass is 32.2. The maximum absolute atomic E-state index is 13.8. The standard InChI is InChI=1S/C14H16FNO4S/c1-21(19,20)9-7-16-14(18)12-6-5-11(10-13(12)15)4-2-3-8-17/h5-6,10,17H,3,7-9H2,1H3,(H,16,18). The molecule has 0 aliphatic carbocycles. The molecule has 0 saturated heterocycles. The molecule has 0 fully saturated rings. The van der Waals surface area contributed by atoms with Crippen LogP contribution in [0.15, 0.2) is 18.2 Å². The number of benzene rings is 1. The minimum absolute atomic E-state index is 0.0731. The lowest BCUT2D eigenvalue weighted by Gasteiger charge is -2.05. The molecule has 0 radical (unpaired) electrons. The molecule has 21 heavy (non-hydrogen) atoms. The van der Waals surface area contributed by atoms with Crippen LogP contribution in [0.4, 0.5) is 4.39 Å². The SMILES string of the molecule is CS(=O)(=O)CCNC(=O)c1ccc(C#CCCO)cc1F. The molecule has 0 aliphatic heterocycles. The second kappa shape index (κ2) is 7.76. The Balaban J connectivity index is 2.72. The van der Waals surface area contributed by atoms with Gasteiger partial charge in [0.25, 0.3) is 5.91 Å². The summed E-state index contributed by atoms with van der Waals surface area (Å²) < 4.78 is 35.6. The van der Waals surface area contributed by atoms with Gasteiger partial charge in [-0.2, -0.15) is 0 Å². The van der Waals surface area contributed by atoms with Crippen LogP contribution >= 0.6 is 0 Å². The van der Waals surface area contributed by atoms with E-state index in [2.05, 4.69) is 17.2 Å². The second-order valence-corrected chi connectivity index (χ2v) is 6.62. The zero-order valence-electron chi connectivity index (χ0n) is 11.5. The van der Waals surface area contributed by atoms with Crippen LogP contribution in [0.5, 0.6) is 0 Å². The smallest absolute Gasteiger partial charge is 0.254 e. The number of carbonyl (C=O) groups excluding carboxylic acids is 1. The topological polar surface area (TPSA) is 83.5 Å². The lowest BCUT2D eigenvalue weighted by molar-refractivity contribution is 0.0952. The van der Waals surface area contributed by atoms with Crippen molar-refractivity contribution >= 4 is 15.7 Å². The Hall–Kier alpha value is -1.91. The van der Waals surface area contributed by atoms with E-state index in [1.807, 2.05) is 0 Å². The Bertz CT molecular complexity index is 674. The third kappa shape index (κ3) is 6.38. The Labute approximate surface area is 123 Å². The van der Waals surface area contributed by atoms with Crippen molar-refractivity contribution in [1.82, 2.24) is 5.32 Å². The summed E-state index contributed by atoms with van der Waals surface area (Å²) in [4.78, 5) is 11.7. The molecule has 0 spiro atoms. The molecular formula is C14H16FNO4S. The minimum atomic E-state index is -3.18. The predicted molar refractivity (Wildman–Crippen MR) is 77.0 cm³/mol. The molecule has 2 N–H and O–H groups in total. The Morgan fingerprint density at radius 3 is 2.71 bits per heavy atom. The molecule has 0 aliphatic rings. The molecule has 0 bridgehead atoms. The predicted octanol–water partition coefficient (Wildman–Crippen LogP) is 0.334. The molecular weight excluding hydrogens is 297 g/mol. The van der Waals surface area contributed by atoms with E-state index in [0.717, 1.165) is 12.3 Å². The lowest BCUT2D eigenvalue weighted by Crippen LogP contribution is -2.29. The van der Waals surface area contributed by atoms with Crippen LogP contribution in [0.3, 0.4) is 0 Å². The fraction of sp³-hybridized carbons (Fsp3) is 0.357. The molecule has 0 heterocycles. The summed E-state index contributed by atoms with van der Waals surface area (Å²) in [6, 6.07) is 3.89. The number of nitrogens with one attached hydrogen (secondary N) is 1. The highest BCUT2D eigenvalue weighted by molar-refractivity contribution is 7.90. The fourth-order valence-electron chi connectivity index (χ4n) is 1.44. The first kappa shape index (κ1) is 17.1. The van der Waals surface area contributed by atoms with Gasteiger partial charge in [-0.15, -0.1) is 0 Å². The van der Waals surface area contributed by atoms with Gasteiger partial charge in [0, 0.05) is 24.8 Å². The molecule has 0 unspecified atom stereocenters. The number of carbonyl (C=O) groups is 1. The van der Waals surface area contributed by atoms with Gasteiger partial charge in [0.2, 0.25) is 0 Å². The van der Waals surface area contributed by atoms with Crippen molar-refractivity contribution in [3.63, 3.8) is 0 Å². The number of sulfone groups is 1. The van der Waals surface area contributed by atoms with Gasteiger partial charge in [0.15, 0.2) is 0 Å². The first-order valence-corrected chi connectivity index (χ1v) is 8.25. The number of hydrogen-bond acceptors (Lipinski definition) is 4. The van der Waals surface area contributed by atoms with E-state index in [4.69, 9.17) is 5.11 Å². The molecule has 7 heteroatoms. The zero-order valence-corrected chi connectivity index (χ0v) is 12.3. The summed E-state index contributed by atoms with van der Waals surface area (Å²) in [7, 11) is -3.18. The normalized spacial score (nSPS) is 10.6. The average molecular weight is 313 g/mol. The number of rotatable bonds is 5. The van der Waals surface area contributed by atoms with Gasteiger partial charge in [0.1, 0.15) is 15.7 Å². The summed E-state index contributed by atoms with van der Waals surface area (Å²) in [5, 5.41) is 10.9. The third-order valence-electron chi connectivity index (χ3n) is 2.44. The van der Waals surface area contributed by atoms with E-state index in [1.165, 1.54) is 12.1 Å².